The lowest BCUT2D eigenvalue weighted by Gasteiger charge is -2.38. The minimum absolute atomic E-state index is 0.419. The number of hydrogen-bond acceptors (Lipinski definition) is 1. The molecule has 1 aromatic carbocycles. The van der Waals surface area contributed by atoms with E-state index in [1.165, 1.54) is 24.8 Å². The van der Waals surface area contributed by atoms with Crippen LogP contribution in [0.5, 0.6) is 0 Å². The Kier molecular flexibility index (Phi) is 4.50. The summed E-state index contributed by atoms with van der Waals surface area (Å²) < 4.78 is 7.24. The third-order valence-electron chi connectivity index (χ3n) is 3.72. The van der Waals surface area contributed by atoms with E-state index >= 15 is 0 Å². The second-order valence-corrected chi connectivity index (χ2v) is 7.39. The van der Waals surface area contributed by atoms with Gasteiger partial charge < -0.3 is 4.74 Å². The maximum Gasteiger partial charge on any atom is 0.0721 e. The second-order valence-electron chi connectivity index (χ2n) is 6.48. The van der Waals surface area contributed by atoms with Gasteiger partial charge in [0, 0.05) is 4.47 Å². The molecule has 0 aromatic heterocycles. The molecule has 0 heterocycles. The number of benzene rings is 1. The van der Waals surface area contributed by atoms with Crippen molar-refractivity contribution in [2.45, 2.75) is 52.7 Å². The van der Waals surface area contributed by atoms with Gasteiger partial charge in [-0.25, -0.2) is 0 Å². The molecule has 0 N–H and O–H groups in total. The monoisotopic (exact) mass is 310 g/mol. The highest BCUT2D eigenvalue weighted by atomic mass is 79.9. The van der Waals surface area contributed by atoms with E-state index in [0.717, 1.165) is 17.0 Å². The fourth-order valence-electron chi connectivity index (χ4n) is 3.23. The molecule has 0 spiro atoms. The summed E-state index contributed by atoms with van der Waals surface area (Å²) in [7, 11) is 0. The minimum atomic E-state index is 0.419. The highest BCUT2D eigenvalue weighted by Crippen LogP contribution is 2.39. The van der Waals surface area contributed by atoms with Crippen molar-refractivity contribution >= 4 is 15.9 Å². The van der Waals surface area contributed by atoms with Gasteiger partial charge in [0.15, 0.2) is 0 Å². The van der Waals surface area contributed by atoms with Crippen LogP contribution in [0.25, 0.3) is 0 Å². The van der Waals surface area contributed by atoms with Gasteiger partial charge in [0.1, 0.15) is 0 Å². The molecule has 1 nitrogen and oxygen atoms in total. The van der Waals surface area contributed by atoms with Crippen molar-refractivity contribution in [2.24, 2.45) is 11.3 Å². The Labute approximate surface area is 119 Å². The van der Waals surface area contributed by atoms with Gasteiger partial charge in [0.05, 0.1) is 12.7 Å². The number of halogens is 1. The van der Waals surface area contributed by atoms with Crippen molar-refractivity contribution in [3.8, 4) is 0 Å². The topological polar surface area (TPSA) is 9.23 Å². The molecular weight excluding hydrogens is 288 g/mol. The fraction of sp³-hybridized carbons (Fsp3) is 0.625. The van der Waals surface area contributed by atoms with Gasteiger partial charge in [-0.2, -0.15) is 0 Å². The molecule has 1 aromatic rings. The molecule has 1 saturated carbocycles. The summed E-state index contributed by atoms with van der Waals surface area (Å²) in [5.41, 5.74) is 1.68. The third kappa shape index (κ3) is 4.10. The third-order valence-corrected chi connectivity index (χ3v) is 4.21. The smallest absolute Gasteiger partial charge is 0.0721 e. The molecule has 1 fully saturated rings. The van der Waals surface area contributed by atoms with Gasteiger partial charge in [-0.15, -0.1) is 0 Å². The lowest BCUT2D eigenvalue weighted by molar-refractivity contribution is -0.0316. The number of hydrogen-bond donors (Lipinski definition) is 0. The first-order chi connectivity index (χ1) is 8.44. The van der Waals surface area contributed by atoms with Crippen LogP contribution in [0.15, 0.2) is 28.7 Å². The van der Waals surface area contributed by atoms with E-state index in [1.807, 2.05) is 0 Å². The van der Waals surface area contributed by atoms with E-state index in [2.05, 4.69) is 61.0 Å². The van der Waals surface area contributed by atoms with E-state index < -0.39 is 0 Å². The molecule has 0 bridgehead atoms. The molecule has 1 aliphatic rings. The van der Waals surface area contributed by atoms with E-state index in [0.29, 0.717) is 11.5 Å². The molecule has 0 aliphatic heterocycles. The Morgan fingerprint density at radius 3 is 2.78 bits per heavy atom. The van der Waals surface area contributed by atoms with Gasteiger partial charge in [0.25, 0.3) is 0 Å². The summed E-state index contributed by atoms with van der Waals surface area (Å²) in [4.78, 5) is 0. The van der Waals surface area contributed by atoms with E-state index in [1.54, 1.807) is 0 Å². The van der Waals surface area contributed by atoms with E-state index in [4.69, 9.17) is 4.74 Å². The molecule has 0 radical (unpaired) electrons. The molecule has 2 unspecified atom stereocenters. The van der Waals surface area contributed by atoms with E-state index in [9.17, 15) is 0 Å². The van der Waals surface area contributed by atoms with E-state index in [-0.39, 0.29) is 0 Å². The standard InChI is InChI=1S/C16H23BrO/c1-12-7-15(10-16(2,3)9-12)18-11-13-5-4-6-14(17)8-13/h4-6,8,12,15H,7,9-11H2,1-3H3. The molecule has 2 heteroatoms. The van der Waals surface area contributed by atoms with Crippen molar-refractivity contribution in [2.75, 3.05) is 0 Å². The van der Waals surface area contributed by atoms with Crippen LogP contribution in [0.1, 0.15) is 45.6 Å². The summed E-state index contributed by atoms with van der Waals surface area (Å²) >= 11 is 3.50. The van der Waals surface area contributed by atoms with Crippen LogP contribution < -0.4 is 0 Å². The fourth-order valence-corrected chi connectivity index (χ4v) is 3.67. The highest BCUT2D eigenvalue weighted by Gasteiger charge is 2.32. The summed E-state index contributed by atoms with van der Waals surface area (Å²) in [6.07, 6.45) is 4.13. The van der Waals surface area contributed by atoms with Gasteiger partial charge in [-0.1, -0.05) is 48.8 Å². The van der Waals surface area contributed by atoms with Crippen molar-refractivity contribution in [1.29, 1.82) is 0 Å². The second kappa shape index (κ2) is 5.75. The Hall–Kier alpha value is -0.340. The lowest BCUT2D eigenvalue weighted by atomic mass is 9.71. The predicted molar refractivity (Wildman–Crippen MR) is 79.5 cm³/mol. The zero-order valence-corrected chi connectivity index (χ0v) is 13.2. The SMILES string of the molecule is CC1CC(OCc2cccc(Br)c2)CC(C)(C)C1. The van der Waals surface area contributed by atoms with Gasteiger partial charge >= 0.3 is 0 Å². The number of rotatable bonds is 3. The van der Waals surface area contributed by atoms with Crippen LogP contribution >= 0.6 is 15.9 Å². The Balaban J connectivity index is 1.90. The average molecular weight is 311 g/mol. The Morgan fingerprint density at radius 1 is 1.33 bits per heavy atom. The van der Waals surface area contributed by atoms with Crippen molar-refractivity contribution in [1.82, 2.24) is 0 Å². The van der Waals surface area contributed by atoms with Crippen LogP contribution in [0, 0.1) is 11.3 Å². The Bertz CT molecular complexity index is 400. The largest absolute Gasteiger partial charge is 0.374 e. The maximum absolute atomic E-state index is 6.11. The normalized spacial score (nSPS) is 27.1. The molecule has 2 atom stereocenters. The minimum Gasteiger partial charge on any atom is -0.374 e. The molecular formula is C16H23BrO. The van der Waals surface area contributed by atoms with Crippen LogP contribution in [-0.2, 0) is 11.3 Å². The quantitative estimate of drug-likeness (QED) is 0.747. The zero-order valence-electron chi connectivity index (χ0n) is 11.6. The molecule has 18 heavy (non-hydrogen) atoms. The van der Waals surface area contributed by atoms with Gasteiger partial charge in [-0.05, 0) is 48.3 Å². The van der Waals surface area contributed by atoms with Gasteiger partial charge in [0.2, 0.25) is 0 Å². The molecule has 2 rings (SSSR count). The van der Waals surface area contributed by atoms with Gasteiger partial charge in [-0.3, -0.25) is 0 Å². The summed E-state index contributed by atoms with van der Waals surface area (Å²) in [6.45, 7) is 7.79. The lowest BCUT2D eigenvalue weighted by Crippen LogP contribution is -2.32. The van der Waals surface area contributed by atoms with Crippen molar-refractivity contribution < 1.29 is 4.74 Å². The van der Waals surface area contributed by atoms with Crippen LogP contribution in [0.4, 0.5) is 0 Å². The summed E-state index contributed by atoms with van der Waals surface area (Å²) in [5, 5.41) is 0. The first kappa shape index (κ1) is 14.1. The molecule has 100 valence electrons. The van der Waals surface area contributed by atoms with Crippen LogP contribution in [0.2, 0.25) is 0 Å². The summed E-state index contributed by atoms with van der Waals surface area (Å²) in [6, 6.07) is 8.38. The first-order valence-corrected chi connectivity index (χ1v) is 7.60. The first-order valence-electron chi connectivity index (χ1n) is 6.81. The van der Waals surface area contributed by atoms with Crippen LogP contribution in [-0.4, -0.2) is 6.10 Å². The predicted octanol–water partition coefficient (Wildman–Crippen LogP) is 5.18. The van der Waals surface area contributed by atoms with Crippen molar-refractivity contribution in [3.63, 3.8) is 0 Å². The highest BCUT2D eigenvalue weighted by molar-refractivity contribution is 9.10. The van der Waals surface area contributed by atoms with Crippen LogP contribution in [0.3, 0.4) is 0 Å². The number of ether oxygens (including phenoxy) is 1. The average Bonchev–Trinajstić information content (AvgIpc) is 2.24. The molecule has 0 saturated heterocycles. The molecule has 0 amide bonds. The zero-order chi connectivity index (χ0) is 13.2. The maximum atomic E-state index is 6.11. The summed E-state index contributed by atoms with van der Waals surface area (Å²) in [5.74, 6) is 0.779. The Morgan fingerprint density at radius 2 is 2.11 bits per heavy atom. The molecule has 1 aliphatic carbocycles. The van der Waals surface area contributed by atoms with Crippen molar-refractivity contribution in [3.05, 3.63) is 34.3 Å².